The molecule has 29 heavy (non-hydrogen) atoms. The standard InChI is InChI=1S/C22H30N4O3/c1-23-22(25-19-7-8-20(27-2)21(14-19)28-3)24-15-17-5-4-6-18(13-17)16-26-9-11-29-12-10-26/h4-8,13-14H,9-12,15-16H2,1-3H3,(H2,23,24,25). The number of methoxy groups -OCH3 is 2. The van der Waals surface area contributed by atoms with Gasteiger partial charge >= 0.3 is 0 Å². The van der Waals surface area contributed by atoms with Crippen molar-refractivity contribution in [2.75, 3.05) is 52.9 Å². The molecule has 7 nitrogen and oxygen atoms in total. The maximum Gasteiger partial charge on any atom is 0.195 e. The first-order valence-electron chi connectivity index (χ1n) is 9.79. The summed E-state index contributed by atoms with van der Waals surface area (Å²) in [6, 6.07) is 14.3. The zero-order chi connectivity index (χ0) is 20.5. The van der Waals surface area contributed by atoms with Crippen molar-refractivity contribution in [3.8, 4) is 11.5 Å². The molecular weight excluding hydrogens is 368 g/mol. The second kappa shape index (κ2) is 10.7. The van der Waals surface area contributed by atoms with Crippen LogP contribution in [0, 0.1) is 0 Å². The number of hydrogen-bond donors (Lipinski definition) is 2. The minimum absolute atomic E-state index is 0.670. The van der Waals surface area contributed by atoms with Crippen LogP contribution >= 0.6 is 0 Å². The Labute approximate surface area is 172 Å². The molecule has 156 valence electrons. The summed E-state index contributed by atoms with van der Waals surface area (Å²) in [6.45, 7) is 5.26. The van der Waals surface area contributed by atoms with Crippen LogP contribution in [-0.2, 0) is 17.8 Å². The van der Waals surface area contributed by atoms with Crippen molar-refractivity contribution in [1.82, 2.24) is 10.2 Å². The second-order valence-electron chi connectivity index (χ2n) is 6.83. The predicted molar refractivity (Wildman–Crippen MR) is 116 cm³/mol. The molecule has 0 radical (unpaired) electrons. The fourth-order valence-corrected chi connectivity index (χ4v) is 3.27. The van der Waals surface area contributed by atoms with Crippen molar-refractivity contribution in [3.05, 3.63) is 53.6 Å². The van der Waals surface area contributed by atoms with Crippen molar-refractivity contribution >= 4 is 11.6 Å². The highest BCUT2D eigenvalue weighted by molar-refractivity contribution is 5.93. The number of guanidine groups is 1. The Hall–Kier alpha value is -2.77. The first-order chi connectivity index (χ1) is 14.2. The fraction of sp³-hybridized carbons (Fsp3) is 0.409. The van der Waals surface area contributed by atoms with Crippen LogP contribution in [0.4, 0.5) is 5.69 Å². The molecule has 0 aliphatic carbocycles. The second-order valence-corrected chi connectivity index (χ2v) is 6.83. The summed E-state index contributed by atoms with van der Waals surface area (Å²) in [5, 5.41) is 6.65. The van der Waals surface area contributed by atoms with Crippen molar-refractivity contribution in [3.63, 3.8) is 0 Å². The third-order valence-corrected chi connectivity index (χ3v) is 4.83. The van der Waals surface area contributed by atoms with Crippen molar-refractivity contribution < 1.29 is 14.2 Å². The van der Waals surface area contributed by atoms with Gasteiger partial charge in [-0.05, 0) is 23.3 Å². The average molecular weight is 399 g/mol. The van der Waals surface area contributed by atoms with Gasteiger partial charge in [-0.3, -0.25) is 9.89 Å². The molecule has 7 heteroatoms. The van der Waals surface area contributed by atoms with Crippen LogP contribution in [0.1, 0.15) is 11.1 Å². The highest BCUT2D eigenvalue weighted by atomic mass is 16.5. The maximum absolute atomic E-state index is 5.43. The number of rotatable bonds is 7. The molecular formula is C22H30N4O3. The molecule has 0 amide bonds. The molecule has 1 heterocycles. The molecule has 1 saturated heterocycles. The van der Waals surface area contributed by atoms with Crippen LogP contribution in [0.5, 0.6) is 11.5 Å². The van der Waals surface area contributed by atoms with E-state index in [1.54, 1.807) is 21.3 Å². The zero-order valence-electron chi connectivity index (χ0n) is 17.4. The van der Waals surface area contributed by atoms with Gasteiger partial charge in [-0.1, -0.05) is 24.3 Å². The Morgan fingerprint density at radius 2 is 1.79 bits per heavy atom. The monoisotopic (exact) mass is 398 g/mol. The van der Waals surface area contributed by atoms with E-state index in [-0.39, 0.29) is 0 Å². The molecule has 2 N–H and O–H groups in total. The largest absolute Gasteiger partial charge is 0.493 e. The number of anilines is 1. The van der Waals surface area contributed by atoms with Gasteiger partial charge in [0.2, 0.25) is 0 Å². The zero-order valence-corrected chi connectivity index (χ0v) is 17.4. The molecule has 3 rings (SSSR count). The van der Waals surface area contributed by atoms with Crippen LogP contribution in [0.15, 0.2) is 47.5 Å². The van der Waals surface area contributed by atoms with E-state index >= 15 is 0 Å². The van der Waals surface area contributed by atoms with Gasteiger partial charge in [-0.15, -0.1) is 0 Å². The first-order valence-corrected chi connectivity index (χ1v) is 9.79. The lowest BCUT2D eigenvalue weighted by molar-refractivity contribution is 0.0342. The Balaban J connectivity index is 1.57. The van der Waals surface area contributed by atoms with Gasteiger partial charge in [0.05, 0.1) is 27.4 Å². The van der Waals surface area contributed by atoms with Gasteiger partial charge in [-0.25, -0.2) is 0 Å². The molecule has 1 aliphatic rings. The van der Waals surface area contributed by atoms with E-state index in [1.165, 1.54) is 11.1 Å². The lowest BCUT2D eigenvalue weighted by Crippen LogP contribution is -2.35. The van der Waals surface area contributed by atoms with Gasteiger partial charge in [-0.2, -0.15) is 0 Å². The highest BCUT2D eigenvalue weighted by Gasteiger charge is 2.11. The summed E-state index contributed by atoms with van der Waals surface area (Å²) in [4.78, 5) is 6.74. The number of aliphatic imine (C=N–C) groups is 1. The molecule has 0 aromatic heterocycles. The third kappa shape index (κ3) is 6.10. The quantitative estimate of drug-likeness (QED) is 0.552. The summed E-state index contributed by atoms with van der Waals surface area (Å²) in [6.07, 6.45) is 0. The number of benzene rings is 2. The predicted octanol–water partition coefficient (Wildman–Crippen LogP) is 2.72. The van der Waals surface area contributed by atoms with E-state index < -0.39 is 0 Å². The van der Waals surface area contributed by atoms with Gasteiger partial charge < -0.3 is 24.8 Å². The van der Waals surface area contributed by atoms with E-state index in [0.717, 1.165) is 38.5 Å². The minimum atomic E-state index is 0.670. The van der Waals surface area contributed by atoms with Crippen molar-refractivity contribution in [2.24, 2.45) is 4.99 Å². The summed E-state index contributed by atoms with van der Waals surface area (Å²) in [5.74, 6) is 2.05. The Bertz CT molecular complexity index is 819. The summed E-state index contributed by atoms with van der Waals surface area (Å²) in [5.41, 5.74) is 3.40. The lowest BCUT2D eigenvalue weighted by Gasteiger charge is -2.26. The number of ether oxygens (including phenoxy) is 3. The van der Waals surface area contributed by atoms with E-state index in [1.807, 2.05) is 18.2 Å². The van der Waals surface area contributed by atoms with Gasteiger partial charge in [0.15, 0.2) is 17.5 Å². The van der Waals surface area contributed by atoms with Gasteiger partial charge in [0, 0.05) is 45.0 Å². The molecule has 2 aromatic carbocycles. The lowest BCUT2D eigenvalue weighted by atomic mass is 10.1. The molecule has 0 atom stereocenters. The Kier molecular flexibility index (Phi) is 7.72. The third-order valence-electron chi connectivity index (χ3n) is 4.83. The summed E-state index contributed by atoms with van der Waals surface area (Å²) >= 11 is 0. The smallest absolute Gasteiger partial charge is 0.195 e. The number of hydrogen-bond acceptors (Lipinski definition) is 5. The van der Waals surface area contributed by atoms with E-state index in [4.69, 9.17) is 14.2 Å². The van der Waals surface area contributed by atoms with Crippen LogP contribution in [0.3, 0.4) is 0 Å². The van der Waals surface area contributed by atoms with Crippen LogP contribution in [0.2, 0.25) is 0 Å². The van der Waals surface area contributed by atoms with Gasteiger partial charge in [0.25, 0.3) is 0 Å². The SMILES string of the molecule is CN=C(NCc1cccc(CN2CCOCC2)c1)Nc1ccc(OC)c(OC)c1. The number of nitrogens with one attached hydrogen (secondary N) is 2. The topological polar surface area (TPSA) is 67.4 Å². The van der Waals surface area contributed by atoms with E-state index in [9.17, 15) is 0 Å². The molecule has 0 bridgehead atoms. The first kappa shape index (κ1) is 21.0. The Morgan fingerprint density at radius 1 is 1.03 bits per heavy atom. The molecule has 1 aliphatic heterocycles. The molecule has 2 aromatic rings. The van der Waals surface area contributed by atoms with Crippen LogP contribution < -0.4 is 20.1 Å². The minimum Gasteiger partial charge on any atom is -0.493 e. The highest BCUT2D eigenvalue weighted by Crippen LogP contribution is 2.29. The van der Waals surface area contributed by atoms with Crippen LogP contribution in [-0.4, -0.2) is 58.4 Å². The van der Waals surface area contributed by atoms with Crippen molar-refractivity contribution in [2.45, 2.75) is 13.1 Å². The average Bonchev–Trinajstić information content (AvgIpc) is 2.77. The molecule has 1 fully saturated rings. The molecule has 0 saturated carbocycles. The molecule has 0 spiro atoms. The molecule has 0 unspecified atom stereocenters. The van der Waals surface area contributed by atoms with E-state index in [0.29, 0.717) is 24.0 Å². The van der Waals surface area contributed by atoms with Crippen LogP contribution in [0.25, 0.3) is 0 Å². The summed E-state index contributed by atoms with van der Waals surface area (Å²) < 4.78 is 16.1. The van der Waals surface area contributed by atoms with E-state index in [2.05, 4.69) is 44.8 Å². The van der Waals surface area contributed by atoms with Gasteiger partial charge in [0.1, 0.15) is 0 Å². The normalized spacial score (nSPS) is 15.1. The fourth-order valence-electron chi connectivity index (χ4n) is 3.27. The maximum atomic E-state index is 5.43. The van der Waals surface area contributed by atoms with Crippen molar-refractivity contribution in [1.29, 1.82) is 0 Å². The Morgan fingerprint density at radius 3 is 2.52 bits per heavy atom. The number of nitrogens with zero attached hydrogens (tertiary/aromatic N) is 2. The summed E-state index contributed by atoms with van der Waals surface area (Å²) in [7, 11) is 5.00. The number of morpholine rings is 1.